The van der Waals surface area contributed by atoms with Crippen molar-refractivity contribution in [1.29, 1.82) is 0 Å². The number of carbonyl (C=O) groups is 2. The van der Waals surface area contributed by atoms with Crippen LogP contribution in [0.1, 0.15) is 36.0 Å². The average molecular weight is 513 g/mol. The van der Waals surface area contributed by atoms with Gasteiger partial charge in [0.2, 0.25) is 0 Å². The topological polar surface area (TPSA) is 77.1 Å². The van der Waals surface area contributed by atoms with Gasteiger partial charge in [-0.2, -0.15) is 0 Å². The number of benzene rings is 3. The van der Waals surface area contributed by atoms with Crippen LogP contribution in [-0.2, 0) is 22.7 Å². The van der Waals surface area contributed by atoms with Gasteiger partial charge < -0.3 is 24.4 Å². The van der Waals surface area contributed by atoms with Gasteiger partial charge in [0, 0.05) is 12.6 Å². The molecule has 3 aromatic carbocycles. The van der Waals surface area contributed by atoms with E-state index in [2.05, 4.69) is 5.32 Å². The van der Waals surface area contributed by atoms with Crippen molar-refractivity contribution in [2.24, 2.45) is 0 Å². The van der Waals surface area contributed by atoms with Crippen molar-refractivity contribution >= 4 is 17.6 Å². The molecule has 0 radical (unpaired) electrons. The van der Waals surface area contributed by atoms with E-state index in [1.807, 2.05) is 83.8 Å². The van der Waals surface area contributed by atoms with Gasteiger partial charge in [-0.1, -0.05) is 54.6 Å². The van der Waals surface area contributed by atoms with Crippen molar-refractivity contribution in [1.82, 2.24) is 10.2 Å². The molecule has 1 fully saturated rings. The van der Waals surface area contributed by atoms with Crippen LogP contribution in [0.3, 0.4) is 0 Å². The van der Waals surface area contributed by atoms with Crippen LogP contribution in [0.15, 0.2) is 84.4 Å². The van der Waals surface area contributed by atoms with Gasteiger partial charge in [0.1, 0.15) is 18.1 Å². The van der Waals surface area contributed by atoms with E-state index in [0.717, 1.165) is 46.6 Å². The lowest BCUT2D eigenvalue weighted by Crippen LogP contribution is -2.50. The van der Waals surface area contributed by atoms with Gasteiger partial charge in [0.15, 0.2) is 0 Å². The Morgan fingerprint density at radius 2 is 1.68 bits per heavy atom. The highest BCUT2D eigenvalue weighted by Crippen LogP contribution is 2.44. The van der Waals surface area contributed by atoms with E-state index in [0.29, 0.717) is 25.1 Å². The average Bonchev–Trinajstić information content (AvgIpc) is 3.28. The highest BCUT2D eigenvalue weighted by molar-refractivity contribution is 6.01. The molecule has 0 spiro atoms. The minimum atomic E-state index is -0.395. The fraction of sp³-hybridized carbons (Fsp3) is 0.290. The molecule has 1 saturated heterocycles. The molecule has 0 aliphatic carbocycles. The maximum atomic E-state index is 13.3. The number of esters is 1. The van der Waals surface area contributed by atoms with Crippen LogP contribution < -0.4 is 14.8 Å². The minimum Gasteiger partial charge on any atom is -0.497 e. The molecule has 0 aromatic heterocycles. The molecule has 3 aromatic rings. The van der Waals surface area contributed by atoms with Crippen LogP contribution in [-0.4, -0.2) is 43.2 Å². The Balaban J connectivity index is 1.36. The van der Waals surface area contributed by atoms with Gasteiger partial charge in [0.25, 0.3) is 0 Å². The summed E-state index contributed by atoms with van der Waals surface area (Å²) in [4.78, 5) is 28.2. The lowest BCUT2D eigenvalue weighted by Gasteiger charge is -2.37. The molecule has 2 atom stereocenters. The maximum absolute atomic E-state index is 13.3. The van der Waals surface area contributed by atoms with Crippen molar-refractivity contribution in [2.75, 3.05) is 14.2 Å². The van der Waals surface area contributed by atoms with Gasteiger partial charge in [-0.3, -0.25) is 0 Å². The normalized spacial score (nSPS) is 18.2. The Labute approximate surface area is 223 Å². The molecule has 7 nitrogen and oxygen atoms in total. The smallest absolute Gasteiger partial charge is 0.336 e. The van der Waals surface area contributed by atoms with Crippen LogP contribution in [0.25, 0.3) is 5.57 Å². The minimum absolute atomic E-state index is 0.00756. The summed E-state index contributed by atoms with van der Waals surface area (Å²) in [6.45, 7) is 0.851. The monoisotopic (exact) mass is 512 g/mol. The van der Waals surface area contributed by atoms with Gasteiger partial charge in [-0.05, 0) is 65.8 Å². The van der Waals surface area contributed by atoms with E-state index < -0.39 is 5.97 Å². The van der Waals surface area contributed by atoms with Gasteiger partial charge in [0.05, 0.1) is 25.8 Å². The van der Waals surface area contributed by atoms with Crippen molar-refractivity contribution in [3.63, 3.8) is 0 Å². The van der Waals surface area contributed by atoms with Crippen LogP contribution >= 0.6 is 0 Å². The molecule has 2 unspecified atom stereocenters. The third kappa shape index (κ3) is 5.37. The number of urea groups is 1. The molecule has 1 N–H and O–H groups in total. The Hall–Kier alpha value is -4.26. The van der Waals surface area contributed by atoms with E-state index in [9.17, 15) is 9.59 Å². The zero-order valence-electron chi connectivity index (χ0n) is 21.7. The lowest BCUT2D eigenvalue weighted by molar-refractivity contribution is -0.136. The summed E-state index contributed by atoms with van der Waals surface area (Å²) in [5.74, 6) is 1.10. The van der Waals surface area contributed by atoms with Gasteiger partial charge in [-0.15, -0.1) is 0 Å². The second kappa shape index (κ2) is 11.4. The third-order valence-corrected chi connectivity index (χ3v) is 7.27. The van der Waals surface area contributed by atoms with Crippen molar-refractivity contribution in [2.45, 2.75) is 44.5 Å². The third-order valence-electron chi connectivity index (χ3n) is 7.27. The summed E-state index contributed by atoms with van der Waals surface area (Å²) in [6.07, 6.45) is 2.13. The largest absolute Gasteiger partial charge is 0.497 e. The molecule has 196 valence electrons. The number of carbonyl (C=O) groups excluding carboxylic acids is 2. The second-order valence-electron chi connectivity index (χ2n) is 9.55. The number of hydrogen-bond donors (Lipinski definition) is 1. The quantitative estimate of drug-likeness (QED) is 0.412. The predicted octanol–water partition coefficient (Wildman–Crippen LogP) is 5.35. The first-order chi connectivity index (χ1) is 18.6. The summed E-state index contributed by atoms with van der Waals surface area (Å²) < 4.78 is 16.5. The molecule has 2 heterocycles. The van der Waals surface area contributed by atoms with E-state index in [4.69, 9.17) is 14.2 Å². The van der Waals surface area contributed by atoms with Crippen LogP contribution in [0.5, 0.6) is 11.5 Å². The molecular formula is C31H32N2O5. The summed E-state index contributed by atoms with van der Waals surface area (Å²) in [5, 5.41) is 3.03. The number of rotatable bonds is 8. The van der Waals surface area contributed by atoms with E-state index in [-0.39, 0.29) is 18.1 Å². The van der Waals surface area contributed by atoms with E-state index in [1.54, 1.807) is 7.11 Å². The Morgan fingerprint density at radius 1 is 0.895 bits per heavy atom. The van der Waals surface area contributed by atoms with E-state index in [1.165, 1.54) is 7.11 Å². The number of ether oxygens (including phenoxy) is 3. The number of fused-ring (bicyclic) bond motifs is 2. The zero-order valence-corrected chi connectivity index (χ0v) is 21.7. The summed E-state index contributed by atoms with van der Waals surface area (Å²) in [5.41, 5.74) is 4.46. The molecule has 2 amide bonds. The Bertz CT molecular complexity index is 1320. The summed E-state index contributed by atoms with van der Waals surface area (Å²) in [7, 11) is 3.01. The molecule has 38 heavy (non-hydrogen) atoms. The molecule has 7 heteroatoms. The molecule has 5 rings (SSSR count). The van der Waals surface area contributed by atoms with Crippen LogP contribution in [0.2, 0.25) is 0 Å². The number of nitrogens with zero attached hydrogens (tertiary/aromatic N) is 1. The van der Waals surface area contributed by atoms with E-state index >= 15 is 0 Å². The highest BCUT2D eigenvalue weighted by atomic mass is 16.5. The number of amides is 2. The molecule has 2 aliphatic rings. The molecular weight excluding hydrogens is 480 g/mol. The van der Waals surface area contributed by atoms with Crippen molar-refractivity contribution < 1.29 is 23.8 Å². The first-order valence-electron chi connectivity index (χ1n) is 12.8. The first kappa shape index (κ1) is 25.4. The van der Waals surface area contributed by atoms with Crippen LogP contribution in [0, 0.1) is 0 Å². The van der Waals surface area contributed by atoms with Crippen molar-refractivity contribution in [3.8, 4) is 11.5 Å². The van der Waals surface area contributed by atoms with Gasteiger partial charge >= 0.3 is 12.0 Å². The number of methoxy groups -OCH3 is 2. The molecule has 2 aliphatic heterocycles. The second-order valence-corrected chi connectivity index (χ2v) is 9.55. The highest BCUT2D eigenvalue weighted by Gasteiger charge is 2.46. The SMILES string of the molecule is COC(=O)C1=C(c2cccc(OCc3ccccc3)c2)CC2CCC1N2C(=O)NCc1ccc(OC)cc1. The maximum Gasteiger partial charge on any atom is 0.336 e. The Kier molecular flexibility index (Phi) is 7.63. The number of hydrogen-bond acceptors (Lipinski definition) is 5. The fourth-order valence-electron chi connectivity index (χ4n) is 5.39. The Morgan fingerprint density at radius 3 is 2.42 bits per heavy atom. The number of nitrogens with one attached hydrogen (secondary N) is 1. The van der Waals surface area contributed by atoms with Crippen molar-refractivity contribution in [3.05, 3.63) is 101 Å². The first-order valence-corrected chi connectivity index (χ1v) is 12.8. The van der Waals surface area contributed by atoms with Gasteiger partial charge in [-0.25, -0.2) is 9.59 Å². The fourth-order valence-corrected chi connectivity index (χ4v) is 5.39. The lowest BCUT2D eigenvalue weighted by atomic mass is 9.88. The predicted molar refractivity (Wildman–Crippen MR) is 145 cm³/mol. The standard InChI is InChI=1S/C31H32N2O5/c1-36-25-14-11-21(12-15-25)19-32-31(35)33-24-13-16-28(33)29(30(34)37-2)27(18-24)23-9-6-10-26(17-23)38-20-22-7-4-3-5-8-22/h3-12,14-15,17,24,28H,13,16,18-20H2,1-2H3,(H,32,35). The summed E-state index contributed by atoms with van der Waals surface area (Å²) in [6, 6.07) is 24.9. The molecule has 0 saturated carbocycles. The summed E-state index contributed by atoms with van der Waals surface area (Å²) >= 11 is 0. The molecule has 2 bridgehead atoms. The van der Waals surface area contributed by atoms with Crippen LogP contribution in [0.4, 0.5) is 4.79 Å². The zero-order chi connectivity index (χ0) is 26.5.